The Kier molecular flexibility index (Phi) is 7.66. The van der Waals surface area contributed by atoms with E-state index in [1.807, 2.05) is 18.2 Å². The van der Waals surface area contributed by atoms with Gasteiger partial charge in [-0.15, -0.1) is 0 Å². The summed E-state index contributed by atoms with van der Waals surface area (Å²) in [5, 5.41) is 17.2. The van der Waals surface area contributed by atoms with Gasteiger partial charge in [-0.25, -0.2) is 0 Å². The minimum absolute atomic E-state index is 0.226. The first kappa shape index (κ1) is 14.5. The van der Waals surface area contributed by atoms with Gasteiger partial charge in [0.2, 0.25) is 0 Å². The first-order chi connectivity index (χ1) is 8.86. The number of nitrogens with zero attached hydrogens (tertiary/aromatic N) is 1. The highest BCUT2D eigenvalue weighted by Gasteiger charge is 1.97. The summed E-state index contributed by atoms with van der Waals surface area (Å²) < 4.78 is 5.66. The van der Waals surface area contributed by atoms with Crippen molar-refractivity contribution in [1.82, 2.24) is 0 Å². The summed E-state index contributed by atoms with van der Waals surface area (Å²) in [6.45, 7) is 0.929. The predicted octanol–water partition coefficient (Wildman–Crippen LogP) is 3.07. The minimum Gasteiger partial charge on any atom is -0.494 e. The Morgan fingerprint density at radius 2 is 2.06 bits per heavy atom. The third-order valence-corrected chi connectivity index (χ3v) is 2.72. The second-order valence-corrected chi connectivity index (χ2v) is 4.29. The van der Waals surface area contributed by atoms with E-state index in [4.69, 9.17) is 15.1 Å². The van der Waals surface area contributed by atoms with Crippen molar-refractivity contribution in [3.63, 3.8) is 0 Å². The van der Waals surface area contributed by atoms with E-state index >= 15 is 0 Å². The zero-order valence-electron chi connectivity index (χ0n) is 10.8. The van der Waals surface area contributed by atoms with E-state index in [0.717, 1.165) is 37.9 Å². The Labute approximate surface area is 109 Å². The Balaban J connectivity index is 2.23. The van der Waals surface area contributed by atoms with Gasteiger partial charge < -0.3 is 9.84 Å². The zero-order chi connectivity index (χ0) is 13.1. The fourth-order valence-corrected chi connectivity index (χ4v) is 1.75. The SMILES string of the molecule is N#CCCCCCOc1cccc(CCCO)c1. The fraction of sp³-hybridized carbons (Fsp3) is 0.533. The topological polar surface area (TPSA) is 53.2 Å². The van der Waals surface area contributed by atoms with Crippen LogP contribution in [0, 0.1) is 11.3 Å². The van der Waals surface area contributed by atoms with Crippen LogP contribution in [0.4, 0.5) is 0 Å². The minimum atomic E-state index is 0.226. The molecule has 0 atom stereocenters. The molecule has 0 spiro atoms. The molecule has 0 saturated carbocycles. The van der Waals surface area contributed by atoms with Gasteiger partial charge in [0, 0.05) is 13.0 Å². The molecule has 18 heavy (non-hydrogen) atoms. The van der Waals surface area contributed by atoms with Crippen molar-refractivity contribution in [2.24, 2.45) is 0 Å². The van der Waals surface area contributed by atoms with Crippen LogP contribution in [0.25, 0.3) is 0 Å². The Morgan fingerprint density at radius 3 is 2.83 bits per heavy atom. The van der Waals surface area contributed by atoms with Crippen molar-refractivity contribution in [1.29, 1.82) is 5.26 Å². The molecule has 0 aliphatic rings. The normalized spacial score (nSPS) is 10.0. The van der Waals surface area contributed by atoms with E-state index in [9.17, 15) is 0 Å². The number of ether oxygens (including phenoxy) is 1. The number of hydrogen-bond acceptors (Lipinski definition) is 3. The summed E-state index contributed by atoms with van der Waals surface area (Å²) in [5.74, 6) is 0.894. The maximum atomic E-state index is 8.79. The van der Waals surface area contributed by atoms with Gasteiger partial charge in [-0.1, -0.05) is 12.1 Å². The zero-order valence-corrected chi connectivity index (χ0v) is 10.8. The molecule has 0 heterocycles. The molecule has 1 aromatic carbocycles. The molecule has 1 N–H and O–H groups in total. The van der Waals surface area contributed by atoms with E-state index in [-0.39, 0.29) is 6.61 Å². The standard InChI is InChI=1S/C15H21NO2/c16-10-3-1-2-4-12-18-15-9-5-7-14(13-15)8-6-11-17/h5,7,9,13,17H,1-4,6,8,11-12H2. The van der Waals surface area contributed by atoms with Crippen LogP contribution in [0.15, 0.2) is 24.3 Å². The molecule has 0 fully saturated rings. The van der Waals surface area contributed by atoms with Crippen molar-refractivity contribution in [2.45, 2.75) is 38.5 Å². The van der Waals surface area contributed by atoms with E-state index in [2.05, 4.69) is 12.1 Å². The van der Waals surface area contributed by atoms with Gasteiger partial charge in [-0.3, -0.25) is 0 Å². The van der Waals surface area contributed by atoms with Crippen LogP contribution in [0.3, 0.4) is 0 Å². The lowest BCUT2D eigenvalue weighted by Crippen LogP contribution is -1.98. The number of rotatable bonds is 9. The van der Waals surface area contributed by atoms with Crippen molar-refractivity contribution in [3.8, 4) is 11.8 Å². The molecule has 0 aromatic heterocycles. The van der Waals surface area contributed by atoms with Gasteiger partial charge >= 0.3 is 0 Å². The number of unbranched alkanes of at least 4 members (excludes halogenated alkanes) is 3. The first-order valence-corrected chi connectivity index (χ1v) is 6.56. The lowest BCUT2D eigenvalue weighted by Gasteiger charge is -2.07. The smallest absolute Gasteiger partial charge is 0.119 e. The van der Waals surface area contributed by atoms with Crippen LogP contribution in [0.2, 0.25) is 0 Å². The number of aryl methyl sites for hydroxylation is 1. The molecule has 1 rings (SSSR count). The van der Waals surface area contributed by atoms with Gasteiger partial charge in [0.15, 0.2) is 0 Å². The summed E-state index contributed by atoms with van der Waals surface area (Å²) in [6, 6.07) is 10.2. The second-order valence-electron chi connectivity index (χ2n) is 4.29. The molecule has 0 radical (unpaired) electrons. The van der Waals surface area contributed by atoms with Crippen molar-refractivity contribution in [2.75, 3.05) is 13.2 Å². The molecule has 98 valence electrons. The maximum Gasteiger partial charge on any atom is 0.119 e. The lowest BCUT2D eigenvalue weighted by atomic mass is 10.1. The third-order valence-electron chi connectivity index (χ3n) is 2.72. The summed E-state index contributed by atoms with van der Waals surface area (Å²) in [5.41, 5.74) is 1.20. The predicted molar refractivity (Wildman–Crippen MR) is 71.4 cm³/mol. The van der Waals surface area contributed by atoms with E-state index in [0.29, 0.717) is 13.0 Å². The van der Waals surface area contributed by atoms with Crippen molar-refractivity contribution >= 4 is 0 Å². The first-order valence-electron chi connectivity index (χ1n) is 6.56. The van der Waals surface area contributed by atoms with Crippen molar-refractivity contribution < 1.29 is 9.84 Å². The number of hydrogen-bond donors (Lipinski definition) is 1. The maximum absolute atomic E-state index is 8.79. The molecule has 1 aromatic rings. The van der Waals surface area contributed by atoms with Crippen LogP contribution in [-0.4, -0.2) is 18.3 Å². The fourth-order valence-electron chi connectivity index (χ4n) is 1.75. The molecule has 0 aliphatic carbocycles. The van der Waals surface area contributed by atoms with Crippen LogP contribution in [0.1, 0.15) is 37.7 Å². The molecule has 0 amide bonds. The van der Waals surface area contributed by atoms with Gasteiger partial charge in [0.1, 0.15) is 5.75 Å². The molecule has 0 aliphatic heterocycles. The molecule has 0 saturated heterocycles. The van der Waals surface area contributed by atoms with Gasteiger partial charge in [-0.2, -0.15) is 5.26 Å². The number of nitriles is 1. The average molecular weight is 247 g/mol. The van der Waals surface area contributed by atoms with Gasteiger partial charge in [-0.05, 0) is 49.8 Å². The van der Waals surface area contributed by atoms with Crippen LogP contribution >= 0.6 is 0 Å². The molecular weight excluding hydrogens is 226 g/mol. The van der Waals surface area contributed by atoms with Crippen LogP contribution < -0.4 is 4.74 Å². The van der Waals surface area contributed by atoms with Crippen LogP contribution in [-0.2, 0) is 6.42 Å². The molecule has 0 unspecified atom stereocenters. The van der Waals surface area contributed by atoms with E-state index < -0.39 is 0 Å². The van der Waals surface area contributed by atoms with Gasteiger partial charge in [0.05, 0.1) is 12.7 Å². The summed E-state index contributed by atoms with van der Waals surface area (Å²) in [4.78, 5) is 0. The second kappa shape index (κ2) is 9.49. The highest BCUT2D eigenvalue weighted by Crippen LogP contribution is 2.15. The molecule has 3 nitrogen and oxygen atoms in total. The van der Waals surface area contributed by atoms with E-state index in [1.165, 1.54) is 5.56 Å². The largest absolute Gasteiger partial charge is 0.494 e. The quantitative estimate of drug-likeness (QED) is 0.682. The van der Waals surface area contributed by atoms with E-state index in [1.54, 1.807) is 0 Å². The molecule has 0 bridgehead atoms. The van der Waals surface area contributed by atoms with Crippen LogP contribution in [0.5, 0.6) is 5.75 Å². The summed E-state index contributed by atoms with van der Waals surface area (Å²) in [7, 11) is 0. The third kappa shape index (κ3) is 6.27. The lowest BCUT2D eigenvalue weighted by molar-refractivity contribution is 0.288. The Bertz CT molecular complexity index is 371. The average Bonchev–Trinajstić information content (AvgIpc) is 2.41. The molecular formula is C15H21NO2. The summed E-state index contributed by atoms with van der Waals surface area (Å²) in [6.07, 6.45) is 5.29. The monoisotopic (exact) mass is 247 g/mol. The number of aliphatic hydroxyl groups excluding tert-OH is 1. The summed E-state index contributed by atoms with van der Waals surface area (Å²) >= 11 is 0. The Morgan fingerprint density at radius 1 is 1.17 bits per heavy atom. The Hall–Kier alpha value is -1.53. The van der Waals surface area contributed by atoms with Gasteiger partial charge in [0.25, 0.3) is 0 Å². The number of benzene rings is 1. The number of aliphatic hydroxyl groups is 1. The highest BCUT2D eigenvalue weighted by molar-refractivity contribution is 5.28. The highest BCUT2D eigenvalue weighted by atomic mass is 16.5. The molecule has 3 heteroatoms. The van der Waals surface area contributed by atoms with Crippen molar-refractivity contribution in [3.05, 3.63) is 29.8 Å².